The molecule has 0 aromatic heterocycles. The van der Waals surface area contributed by atoms with Gasteiger partial charge >= 0.3 is 5.97 Å². The van der Waals surface area contributed by atoms with Crippen LogP contribution in [0.4, 0.5) is 0 Å². The van der Waals surface area contributed by atoms with Crippen molar-refractivity contribution in [1.29, 1.82) is 0 Å². The van der Waals surface area contributed by atoms with Crippen molar-refractivity contribution in [3.63, 3.8) is 0 Å². The predicted octanol–water partition coefficient (Wildman–Crippen LogP) is 1.47. The molecule has 1 N–H and O–H groups in total. The van der Waals surface area contributed by atoms with Crippen LogP contribution in [0.2, 0.25) is 0 Å². The fraction of sp³-hybridized carbons (Fsp3) is 0.750. The maximum atomic E-state index is 11.0. The average Bonchev–Trinajstić information content (AvgIpc) is 2.56. The standard InChI is InChI=1S/C12H21NO3/c1-11(2,7-6-9(14)15-5)10-13-8-12(3,4)16-10/h6-7,10,13H,8H2,1-5H3/b7-6+. The van der Waals surface area contributed by atoms with Crippen LogP contribution >= 0.6 is 0 Å². The molecule has 4 nitrogen and oxygen atoms in total. The quantitative estimate of drug-likeness (QED) is 0.586. The van der Waals surface area contributed by atoms with Crippen molar-refractivity contribution < 1.29 is 14.3 Å². The molecule has 0 radical (unpaired) electrons. The van der Waals surface area contributed by atoms with Gasteiger partial charge in [0.25, 0.3) is 0 Å². The molecule has 16 heavy (non-hydrogen) atoms. The molecule has 92 valence electrons. The lowest BCUT2D eigenvalue weighted by Gasteiger charge is -2.29. The number of methoxy groups -OCH3 is 1. The first kappa shape index (κ1) is 13.2. The molecule has 0 aliphatic carbocycles. The van der Waals surface area contributed by atoms with Crippen molar-refractivity contribution in [2.75, 3.05) is 13.7 Å². The van der Waals surface area contributed by atoms with Gasteiger partial charge in [0.05, 0.1) is 12.7 Å². The molecule has 0 aromatic rings. The topological polar surface area (TPSA) is 47.6 Å². The molecular weight excluding hydrogens is 206 g/mol. The molecule has 0 amide bonds. The van der Waals surface area contributed by atoms with Gasteiger partial charge in [-0.2, -0.15) is 0 Å². The van der Waals surface area contributed by atoms with Gasteiger partial charge in [-0.15, -0.1) is 0 Å². The summed E-state index contributed by atoms with van der Waals surface area (Å²) < 4.78 is 10.4. The zero-order valence-electron chi connectivity index (χ0n) is 10.7. The average molecular weight is 227 g/mol. The zero-order valence-corrected chi connectivity index (χ0v) is 10.7. The third kappa shape index (κ3) is 3.32. The lowest BCUT2D eigenvalue weighted by Crippen LogP contribution is -2.37. The predicted molar refractivity (Wildman–Crippen MR) is 61.9 cm³/mol. The molecular formula is C12H21NO3. The first-order valence-electron chi connectivity index (χ1n) is 5.45. The molecule has 1 rings (SSSR count). The summed E-state index contributed by atoms with van der Waals surface area (Å²) >= 11 is 0. The van der Waals surface area contributed by atoms with E-state index in [0.717, 1.165) is 6.54 Å². The van der Waals surface area contributed by atoms with Crippen LogP contribution in [-0.4, -0.2) is 31.5 Å². The van der Waals surface area contributed by atoms with Crippen LogP contribution in [0.1, 0.15) is 27.7 Å². The van der Waals surface area contributed by atoms with Crippen LogP contribution in [0.25, 0.3) is 0 Å². The number of esters is 1. The van der Waals surface area contributed by atoms with E-state index in [1.807, 2.05) is 33.8 Å². The number of carbonyl (C=O) groups excluding carboxylic acids is 1. The number of ether oxygens (including phenoxy) is 2. The zero-order chi connectivity index (χ0) is 12.4. The van der Waals surface area contributed by atoms with Gasteiger partial charge in [-0.3, -0.25) is 5.32 Å². The Morgan fingerprint density at radius 1 is 1.56 bits per heavy atom. The van der Waals surface area contributed by atoms with Crippen LogP contribution in [0.15, 0.2) is 12.2 Å². The van der Waals surface area contributed by atoms with E-state index in [2.05, 4.69) is 10.1 Å². The van der Waals surface area contributed by atoms with Crippen molar-refractivity contribution >= 4 is 5.97 Å². The van der Waals surface area contributed by atoms with E-state index in [1.165, 1.54) is 13.2 Å². The second-order valence-electron chi connectivity index (χ2n) is 5.32. The Kier molecular flexibility index (Phi) is 3.76. The number of hydrogen-bond donors (Lipinski definition) is 1. The Morgan fingerprint density at radius 3 is 2.62 bits per heavy atom. The molecule has 1 fully saturated rings. The molecule has 0 saturated carbocycles. The lowest BCUT2D eigenvalue weighted by atomic mass is 9.90. The third-order valence-corrected chi connectivity index (χ3v) is 2.68. The fourth-order valence-electron chi connectivity index (χ4n) is 1.59. The highest BCUT2D eigenvalue weighted by atomic mass is 16.5. The molecule has 0 bridgehead atoms. The van der Waals surface area contributed by atoms with E-state index >= 15 is 0 Å². The summed E-state index contributed by atoms with van der Waals surface area (Å²) in [4.78, 5) is 11.0. The monoisotopic (exact) mass is 227 g/mol. The highest BCUT2D eigenvalue weighted by molar-refractivity contribution is 5.81. The van der Waals surface area contributed by atoms with Gasteiger partial charge in [0.2, 0.25) is 0 Å². The Bertz CT molecular complexity index is 295. The summed E-state index contributed by atoms with van der Waals surface area (Å²) in [6.07, 6.45) is 3.18. The second kappa shape index (κ2) is 4.55. The lowest BCUT2D eigenvalue weighted by molar-refractivity contribution is -0.134. The van der Waals surface area contributed by atoms with E-state index in [9.17, 15) is 4.79 Å². The SMILES string of the molecule is COC(=O)/C=C/C(C)(C)C1NCC(C)(C)O1. The van der Waals surface area contributed by atoms with Crippen molar-refractivity contribution in [2.45, 2.75) is 39.5 Å². The largest absolute Gasteiger partial charge is 0.466 e. The molecule has 1 saturated heterocycles. The van der Waals surface area contributed by atoms with Gasteiger partial charge in [-0.05, 0) is 13.8 Å². The van der Waals surface area contributed by atoms with Crippen LogP contribution < -0.4 is 5.32 Å². The minimum Gasteiger partial charge on any atom is -0.466 e. The highest BCUT2D eigenvalue weighted by Crippen LogP contribution is 2.31. The summed E-state index contributed by atoms with van der Waals surface area (Å²) in [6, 6.07) is 0. The van der Waals surface area contributed by atoms with E-state index < -0.39 is 0 Å². The normalized spacial score (nSPS) is 24.9. The third-order valence-electron chi connectivity index (χ3n) is 2.68. The van der Waals surface area contributed by atoms with Gasteiger partial charge in [0.15, 0.2) is 0 Å². The van der Waals surface area contributed by atoms with Crippen LogP contribution in [0.5, 0.6) is 0 Å². The summed E-state index contributed by atoms with van der Waals surface area (Å²) in [5, 5.41) is 3.30. The van der Waals surface area contributed by atoms with E-state index in [4.69, 9.17) is 4.74 Å². The number of hydrogen-bond acceptors (Lipinski definition) is 4. The maximum absolute atomic E-state index is 11.0. The summed E-state index contributed by atoms with van der Waals surface area (Å²) in [7, 11) is 1.37. The molecule has 0 aromatic carbocycles. The fourth-order valence-corrected chi connectivity index (χ4v) is 1.59. The first-order valence-corrected chi connectivity index (χ1v) is 5.45. The summed E-state index contributed by atoms with van der Waals surface area (Å²) in [5.41, 5.74) is -0.400. The smallest absolute Gasteiger partial charge is 0.330 e. The van der Waals surface area contributed by atoms with Gasteiger partial charge in [0.1, 0.15) is 6.23 Å². The van der Waals surface area contributed by atoms with Crippen LogP contribution in [0, 0.1) is 5.41 Å². The van der Waals surface area contributed by atoms with Gasteiger partial charge in [-0.25, -0.2) is 4.79 Å². The van der Waals surface area contributed by atoms with Gasteiger partial charge in [-0.1, -0.05) is 19.9 Å². The molecule has 1 aliphatic heterocycles. The highest BCUT2D eigenvalue weighted by Gasteiger charge is 2.39. The maximum Gasteiger partial charge on any atom is 0.330 e. The van der Waals surface area contributed by atoms with Gasteiger partial charge in [0, 0.05) is 18.0 Å². The van der Waals surface area contributed by atoms with Crippen molar-refractivity contribution in [3.05, 3.63) is 12.2 Å². The van der Waals surface area contributed by atoms with Gasteiger partial charge < -0.3 is 9.47 Å². The molecule has 1 aliphatic rings. The van der Waals surface area contributed by atoms with Crippen LogP contribution in [-0.2, 0) is 14.3 Å². The second-order valence-corrected chi connectivity index (χ2v) is 5.32. The number of rotatable bonds is 3. The Hall–Kier alpha value is -0.870. The molecule has 0 spiro atoms. The molecule has 1 unspecified atom stereocenters. The Morgan fingerprint density at radius 2 is 2.19 bits per heavy atom. The summed E-state index contributed by atoms with van der Waals surface area (Å²) in [6.45, 7) is 8.93. The first-order chi connectivity index (χ1) is 7.27. The molecule has 1 heterocycles. The minimum atomic E-state index is -0.342. The Balaban J connectivity index is 2.64. The Labute approximate surface area is 97.0 Å². The van der Waals surface area contributed by atoms with Crippen molar-refractivity contribution in [3.8, 4) is 0 Å². The van der Waals surface area contributed by atoms with E-state index in [0.29, 0.717) is 0 Å². The minimum absolute atomic E-state index is 0.0802. The van der Waals surface area contributed by atoms with E-state index in [1.54, 1.807) is 0 Å². The summed E-state index contributed by atoms with van der Waals surface area (Å²) in [5.74, 6) is -0.342. The number of carbonyl (C=O) groups is 1. The van der Waals surface area contributed by atoms with Crippen molar-refractivity contribution in [1.82, 2.24) is 5.32 Å². The number of nitrogens with one attached hydrogen (secondary N) is 1. The van der Waals surface area contributed by atoms with Crippen LogP contribution in [0.3, 0.4) is 0 Å². The van der Waals surface area contributed by atoms with Crippen molar-refractivity contribution in [2.24, 2.45) is 5.41 Å². The molecule has 4 heteroatoms. The van der Waals surface area contributed by atoms with E-state index in [-0.39, 0.29) is 23.2 Å². The molecule has 1 atom stereocenters.